The van der Waals surface area contributed by atoms with Gasteiger partial charge in [-0.2, -0.15) is 5.26 Å². The van der Waals surface area contributed by atoms with Crippen molar-refractivity contribution in [2.45, 2.75) is 19.3 Å². The lowest BCUT2D eigenvalue weighted by Crippen LogP contribution is -2.15. The summed E-state index contributed by atoms with van der Waals surface area (Å²) in [4.78, 5) is 20.4. The first-order valence-corrected chi connectivity index (χ1v) is 22.5. The number of aromatic nitrogens is 6. The molecule has 314 valence electrons. The summed E-state index contributed by atoms with van der Waals surface area (Å²) in [6.07, 6.45) is 1.87. The zero-order chi connectivity index (χ0) is 44.8. The smallest absolute Gasteiger partial charge is 0.164 e. The van der Waals surface area contributed by atoms with E-state index in [4.69, 9.17) is 19.9 Å². The fourth-order valence-corrected chi connectivity index (χ4v) is 10.7. The second-order valence-electron chi connectivity index (χ2n) is 17.7. The van der Waals surface area contributed by atoms with Crippen LogP contribution < -0.4 is 0 Å². The predicted octanol–water partition coefficient (Wildman–Crippen LogP) is 14.3. The lowest BCUT2D eigenvalue weighted by molar-refractivity contribution is 0.666. The lowest BCUT2D eigenvalue weighted by Gasteiger charge is -2.23. The number of hydrogen-bond acceptors (Lipinski definition) is 5. The van der Waals surface area contributed by atoms with Crippen LogP contribution in [0.5, 0.6) is 0 Å². The van der Waals surface area contributed by atoms with Crippen LogP contribution in [0.3, 0.4) is 0 Å². The van der Waals surface area contributed by atoms with Crippen LogP contribution >= 0.6 is 0 Å². The maximum Gasteiger partial charge on any atom is 0.164 e. The second kappa shape index (κ2) is 14.8. The average molecular weight is 858 g/mol. The first-order chi connectivity index (χ1) is 33.0. The summed E-state index contributed by atoms with van der Waals surface area (Å²) in [6, 6.07) is 69.7. The topological polar surface area (TPSA) is 85.2 Å². The van der Waals surface area contributed by atoms with E-state index in [0.29, 0.717) is 34.3 Å². The number of hydrogen-bond donors (Lipinski definition) is 0. The van der Waals surface area contributed by atoms with Crippen molar-refractivity contribution in [3.63, 3.8) is 0 Å². The summed E-state index contributed by atoms with van der Waals surface area (Å²) < 4.78 is 4.59. The third-order valence-electron chi connectivity index (χ3n) is 13.6. The van der Waals surface area contributed by atoms with Crippen LogP contribution in [0.4, 0.5) is 0 Å². The largest absolute Gasteiger partial charge is 0.309 e. The highest BCUT2D eigenvalue weighted by Gasteiger charge is 2.38. The molecule has 1 aliphatic rings. The second-order valence-corrected chi connectivity index (χ2v) is 17.7. The fraction of sp³-hybridized carbons (Fsp3) is 0.0500. The summed E-state index contributed by atoms with van der Waals surface area (Å²) in [5.41, 5.74) is 15.1. The van der Waals surface area contributed by atoms with E-state index in [0.717, 1.165) is 55.5 Å². The number of nitriles is 1. The molecule has 0 saturated carbocycles. The molecule has 0 radical (unpaired) electrons. The molecule has 0 bridgehead atoms. The molecule has 0 aliphatic heterocycles. The maximum absolute atomic E-state index is 11.5. The monoisotopic (exact) mass is 857 g/mol. The van der Waals surface area contributed by atoms with Crippen molar-refractivity contribution in [3.8, 4) is 74.0 Å². The van der Waals surface area contributed by atoms with Crippen LogP contribution in [-0.2, 0) is 5.41 Å². The van der Waals surface area contributed by atoms with Gasteiger partial charge >= 0.3 is 0 Å². The average Bonchev–Trinajstić information content (AvgIpc) is 3.99. The Morgan fingerprint density at radius 2 is 1.01 bits per heavy atom. The highest BCUT2D eigenvalue weighted by molar-refractivity contribution is 6.15. The number of para-hydroxylation sites is 3. The molecule has 0 unspecified atom stereocenters. The summed E-state index contributed by atoms with van der Waals surface area (Å²) in [5, 5.41) is 16.2. The van der Waals surface area contributed by atoms with Crippen LogP contribution in [0.2, 0.25) is 0 Å². The molecule has 0 spiro atoms. The normalized spacial score (nSPS) is 12.7. The summed E-state index contributed by atoms with van der Waals surface area (Å²) in [5.74, 6) is 1.54. The molecule has 0 atom stereocenters. The van der Waals surface area contributed by atoms with Gasteiger partial charge in [-0.15, -0.1) is 0 Å². The molecule has 8 aromatic carbocycles. The van der Waals surface area contributed by atoms with Crippen LogP contribution in [0.1, 0.15) is 30.5 Å². The number of rotatable bonds is 6. The Morgan fingerprint density at radius 1 is 0.463 bits per heavy atom. The zero-order valence-corrected chi connectivity index (χ0v) is 36.7. The minimum atomic E-state index is -0.269. The van der Waals surface area contributed by atoms with Gasteiger partial charge in [0.25, 0.3) is 0 Å². The van der Waals surface area contributed by atoms with Crippen molar-refractivity contribution in [2.24, 2.45) is 0 Å². The Balaban J connectivity index is 1.12. The van der Waals surface area contributed by atoms with Crippen molar-refractivity contribution in [1.82, 2.24) is 29.1 Å². The number of benzene rings is 8. The van der Waals surface area contributed by atoms with E-state index >= 15 is 0 Å². The summed E-state index contributed by atoms with van der Waals surface area (Å²) >= 11 is 0. The number of pyridine rings is 1. The van der Waals surface area contributed by atoms with Gasteiger partial charge in [0.2, 0.25) is 0 Å². The van der Waals surface area contributed by atoms with Crippen LogP contribution in [0, 0.1) is 11.3 Å². The van der Waals surface area contributed by atoms with Crippen molar-refractivity contribution >= 4 is 43.6 Å². The summed E-state index contributed by atoms with van der Waals surface area (Å²) in [6.45, 7) is 4.66. The van der Waals surface area contributed by atoms with Gasteiger partial charge in [-0.05, 0) is 70.8 Å². The highest BCUT2D eigenvalue weighted by Crippen LogP contribution is 2.53. The molecule has 0 fully saturated rings. The Kier molecular flexibility index (Phi) is 8.48. The Labute approximate surface area is 386 Å². The van der Waals surface area contributed by atoms with E-state index in [1.54, 1.807) is 0 Å². The molecule has 13 rings (SSSR count). The van der Waals surface area contributed by atoms with E-state index in [9.17, 15) is 5.26 Å². The van der Waals surface area contributed by atoms with E-state index in [1.165, 1.54) is 38.4 Å². The molecule has 4 aromatic heterocycles. The van der Waals surface area contributed by atoms with Gasteiger partial charge in [0, 0.05) is 61.1 Å². The van der Waals surface area contributed by atoms with E-state index in [-0.39, 0.29) is 5.41 Å². The minimum Gasteiger partial charge on any atom is -0.309 e. The van der Waals surface area contributed by atoms with Gasteiger partial charge in [0.05, 0.1) is 39.0 Å². The first-order valence-electron chi connectivity index (χ1n) is 22.5. The first kappa shape index (κ1) is 38.5. The van der Waals surface area contributed by atoms with Crippen LogP contribution in [0.25, 0.3) is 112 Å². The van der Waals surface area contributed by atoms with E-state index in [1.807, 2.05) is 72.9 Å². The van der Waals surface area contributed by atoms with Crippen molar-refractivity contribution in [1.29, 1.82) is 5.26 Å². The minimum absolute atomic E-state index is 0.269. The van der Waals surface area contributed by atoms with Crippen LogP contribution in [0.15, 0.2) is 200 Å². The van der Waals surface area contributed by atoms with Gasteiger partial charge in [-0.25, -0.2) is 15.0 Å². The van der Waals surface area contributed by atoms with Crippen molar-refractivity contribution in [3.05, 3.63) is 217 Å². The predicted molar refractivity (Wildman–Crippen MR) is 270 cm³/mol. The van der Waals surface area contributed by atoms with Gasteiger partial charge < -0.3 is 9.13 Å². The van der Waals surface area contributed by atoms with Gasteiger partial charge in [0.1, 0.15) is 6.07 Å². The highest BCUT2D eigenvalue weighted by atomic mass is 15.0. The third-order valence-corrected chi connectivity index (χ3v) is 13.6. The van der Waals surface area contributed by atoms with Crippen molar-refractivity contribution in [2.75, 3.05) is 0 Å². The molecule has 7 nitrogen and oxygen atoms in total. The van der Waals surface area contributed by atoms with Gasteiger partial charge in [-0.1, -0.05) is 159 Å². The quantitative estimate of drug-likeness (QED) is 0.166. The third kappa shape index (κ3) is 5.83. The fourth-order valence-electron chi connectivity index (χ4n) is 10.7. The Morgan fingerprint density at radius 3 is 1.66 bits per heavy atom. The number of fused-ring (bicyclic) bond motifs is 10. The maximum atomic E-state index is 11.5. The Hall–Kier alpha value is -8.99. The lowest BCUT2D eigenvalue weighted by atomic mass is 9.80. The van der Waals surface area contributed by atoms with Crippen LogP contribution in [-0.4, -0.2) is 29.1 Å². The zero-order valence-electron chi connectivity index (χ0n) is 36.7. The standard InChI is InChI=1S/C60H39N7/c1-60(2)48-25-13-9-21-42(48)45-29-30-53-54(55(45)60)46-24-12-16-28-52(46)67(53)56-40(36-61)33-39(59-64-57(37-17-5-3-6-18-37)63-58(65-59)38-19-7-4-8-20-38)34-47(56)49-35-41(31-32-62-49)66-50-26-14-10-22-43(50)44-23-11-15-27-51(44)66/h3-35H,1-2H3. The molecule has 12 aromatic rings. The molecule has 67 heavy (non-hydrogen) atoms. The van der Waals surface area contributed by atoms with Crippen molar-refractivity contribution < 1.29 is 0 Å². The number of nitrogens with zero attached hydrogens (tertiary/aromatic N) is 7. The van der Waals surface area contributed by atoms with Gasteiger partial charge in [0.15, 0.2) is 17.5 Å². The molecule has 1 aliphatic carbocycles. The SMILES string of the molecule is CC1(C)c2ccccc2-c2ccc3c(c21)c1ccccc1n3-c1c(C#N)cc(-c2nc(-c3ccccc3)nc(-c3ccccc3)n2)cc1-c1cc(-n2c3ccccc3c3ccccc32)ccn1. The molecule has 4 heterocycles. The molecule has 0 amide bonds. The Bertz CT molecular complexity index is 3910. The molecular weight excluding hydrogens is 819 g/mol. The summed E-state index contributed by atoms with van der Waals surface area (Å²) in [7, 11) is 0. The molecule has 0 N–H and O–H groups in total. The van der Waals surface area contributed by atoms with Gasteiger partial charge in [-0.3, -0.25) is 4.98 Å². The molecule has 0 saturated heterocycles. The van der Waals surface area contributed by atoms with E-state index in [2.05, 4.69) is 156 Å². The molecule has 7 heteroatoms. The van der Waals surface area contributed by atoms with E-state index < -0.39 is 0 Å². The molecular formula is C60H39N7.